The lowest BCUT2D eigenvalue weighted by Gasteiger charge is -2.38. The Bertz CT molecular complexity index is 1240. The van der Waals surface area contributed by atoms with E-state index in [9.17, 15) is 0 Å². The molecule has 0 amide bonds. The fourth-order valence-electron chi connectivity index (χ4n) is 4.57. The van der Waals surface area contributed by atoms with Gasteiger partial charge in [-0.15, -0.1) is 0 Å². The molecule has 0 bridgehead atoms. The van der Waals surface area contributed by atoms with Crippen LogP contribution in [0.1, 0.15) is 35.4 Å². The molecule has 0 unspecified atom stereocenters. The molecule has 4 aliphatic heterocycles. The lowest BCUT2D eigenvalue weighted by Crippen LogP contribution is -2.33. The Morgan fingerprint density at radius 3 is 2.35 bits per heavy atom. The molecule has 0 aromatic heterocycles. The number of hydrogen-bond acceptors (Lipinski definition) is 7. The van der Waals surface area contributed by atoms with Gasteiger partial charge in [-0.1, -0.05) is 18.2 Å². The van der Waals surface area contributed by atoms with E-state index >= 15 is 0 Å². The maximum absolute atomic E-state index is 6.43. The normalized spacial score (nSPS) is 21.9. The zero-order valence-corrected chi connectivity index (χ0v) is 16.5. The lowest BCUT2D eigenvalue weighted by molar-refractivity contribution is -0.0191. The van der Waals surface area contributed by atoms with Gasteiger partial charge < -0.3 is 23.7 Å². The molecule has 3 aromatic carbocycles. The summed E-state index contributed by atoms with van der Waals surface area (Å²) in [5.41, 5.74) is 4.13. The van der Waals surface area contributed by atoms with Crippen LogP contribution in [0.2, 0.25) is 0 Å². The average Bonchev–Trinajstić information content (AvgIpc) is 3.56. The maximum atomic E-state index is 6.43. The number of hydrogen-bond donors (Lipinski definition) is 0. The molecule has 7 rings (SSSR count). The summed E-state index contributed by atoms with van der Waals surface area (Å²) in [7, 11) is 0. The van der Waals surface area contributed by atoms with E-state index in [0.29, 0.717) is 0 Å². The largest absolute Gasteiger partial charge is 0.464 e. The number of fused-ring (bicyclic) bond motifs is 5. The Morgan fingerprint density at radius 1 is 0.742 bits per heavy atom. The van der Waals surface area contributed by atoms with Crippen molar-refractivity contribution in [2.75, 3.05) is 13.6 Å². The summed E-state index contributed by atoms with van der Waals surface area (Å²) in [5, 5.41) is 7.07. The summed E-state index contributed by atoms with van der Waals surface area (Å²) in [4.78, 5) is 0. The molecular formula is C24H18N2O5. The molecule has 7 nitrogen and oxygen atoms in total. The van der Waals surface area contributed by atoms with E-state index in [4.69, 9.17) is 28.8 Å². The average molecular weight is 414 g/mol. The Kier molecular flexibility index (Phi) is 3.44. The highest BCUT2D eigenvalue weighted by atomic mass is 16.7. The van der Waals surface area contributed by atoms with E-state index in [0.717, 1.165) is 57.6 Å². The second-order valence-electron chi connectivity index (χ2n) is 7.84. The Balaban J connectivity index is 1.31. The van der Waals surface area contributed by atoms with Crippen molar-refractivity contribution in [2.45, 2.75) is 18.7 Å². The Hall–Kier alpha value is -3.87. The zero-order chi connectivity index (χ0) is 20.4. The van der Waals surface area contributed by atoms with Crippen LogP contribution in [-0.2, 0) is 0 Å². The molecule has 4 heterocycles. The molecule has 2 atom stereocenters. The molecule has 4 aliphatic rings. The van der Waals surface area contributed by atoms with E-state index in [1.165, 1.54) is 0 Å². The van der Waals surface area contributed by atoms with Gasteiger partial charge in [0, 0.05) is 23.1 Å². The third-order valence-electron chi connectivity index (χ3n) is 6.09. The van der Waals surface area contributed by atoms with Crippen molar-refractivity contribution in [3.8, 4) is 28.7 Å². The predicted molar refractivity (Wildman–Crippen MR) is 111 cm³/mol. The van der Waals surface area contributed by atoms with Gasteiger partial charge >= 0.3 is 0 Å². The molecule has 154 valence electrons. The molecule has 31 heavy (non-hydrogen) atoms. The topological polar surface area (TPSA) is 61.8 Å². The summed E-state index contributed by atoms with van der Waals surface area (Å²) in [5.74, 6) is 3.90. The molecule has 0 radical (unpaired) electrons. The van der Waals surface area contributed by atoms with Gasteiger partial charge in [0.25, 0.3) is 0 Å². The van der Waals surface area contributed by atoms with Gasteiger partial charge in [-0.05, 0) is 42.5 Å². The van der Waals surface area contributed by atoms with Crippen molar-refractivity contribution >= 4 is 5.71 Å². The van der Waals surface area contributed by atoms with E-state index in [2.05, 4.69) is 11.1 Å². The quantitative estimate of drug-likeness (QED) is 0.620. The van der Waals surface area contributed by atoms with Crippen molar-refractivity contribution < 1.29 is 23.7 Å². The summed E-state index contributed by atoms with van der Waals surface area (Å²) in [6.45, 7) is 0.499. The van der Waals surface area contributed by atoms with Crippen LogP contribution in [0.4, 0.5) is 0 Å². The van der Waals surface area contributed by atoms with Crippen LogP contribution in [0, 0.1) is 0 Å². The molecule has 0 saturated carbocycles. The van der Waals surface area contributed by atoms with Crippen LogP contribution in [0.3, 0.4) is 0 Å². The van der Waals surface area contributed by atoms with Crippen molar-refractivity contribution in [3.05, 3.63) is 77.4 Å². The highest BCUT2D eigenvalue weighted by molar-refractivity contribution is 6.02. The first kappa shape index (κ1) is 16.9. The van der Waals surface area contributed by atoms with Crippen LogP contribution in [0.25, 0.3) is 0 Å². The van der Waals surface area contributed by atoms with Crippen molar-refractivity contribution in [1.29, 1.82) is 0 Å². The summed E-state index contributed by atoms with van der Waals surface area (Å²) in [6, 6.07) is 20.2. The Morgan fingerprint density at radius 2 is 1.48 bits per heavy atom. The molecule has 0 N–H and O–H groups in total. The maximum Gasteiger partial charge on any atom is 0.231 e. The highest BCUT2D eigenvalue weighted by Gasteiger charge is 2.41. The summed E-state index contributed by atoms with van der Waals surface area (Å²) < 4.78 is 28.5. The van der Waals surface area contributed by atoms with Crippen LogP contribution in [0.15, 0.2) is 65.8 Å². The number of hydrazone groups is 1. The number of ether oxygens (including phenoxy) is 5. The van der Waals surface area contributed by atoms with E-state index in [1.54, 1.807) is 0 Å². The third-order valence-corrected chi connectivity index (χ3v) is 6.09. The smallest absolute Gasteiger partial charge is 0.231 e. The zero-order valence-electron chi connectivity index (χ0n) is 16.5. The first-order valence-electron chi connectivity index (χ1n) is 10.2. The van der Waals surface area contributed by atoms with Crippen LogP contribution < -0.4 is 23.7 Å². The molecule has 0 spiro atoms. The molecule has 3 aromatic rings. The minimum atomic E-state index is -0.360. The highest BCUT2D eigenvalue weighted by Crippen LogP contribution is 2.49. The summed E-state index contributed by atoms with van der Waals surface area (Å²) >= 11 is 0. The van der Waals surface area contributed by atoms with Crippen LogP contribution >= 0.6 is 0 Å². The van der Waals surface area contributed by atoms with Gasteiger partial charge in [0.1, 0.15) is 5.75 Å². The van der Waals surface area contributed by atoms with Crippen LogP contribution in [-0.4, -0.2) is 24.3 Å². The lowest BCUT2D eigenvalue weighted by atomic mass is 9.95. The van der Waals surface area contributed by atoms with Gasteiger partial charge in [0.05, 0.1) is 11.8 Å². The van der Waals surface area contributed by atoms with Crippen molar-refractivity contribution in [1.82, 2.24) is 5.01 Å². The monoisotopic (exact) mass is 414 g/mol. The second kappa shape index (κ2) is 6.31. The molecule has 0 aliphatic carbocycles. The molecular weight excluding hydrogens is 396 g/mol. The number of rotatable bonds is 2. The van der Waals surface area contributed by atoms with Gasteiger partial charge in [0.2, 0.25) is 19.8 Å². The molecule has 0 fully saturated rings. The second-order valence-corrected chi connectivity index (χ2v) is 7.84. The standard InChI is InChI=1S/C24H18N2O5/c1-2-4-19-16(3-1)18-11-17(14-5-7-20-22(9-14)29-12-27-20)25-26(18)24(31-19)15-6-8-21-23(10-15)30-13-28-21/h1-10,18,24H,11-13H2/t18-,24-/m0/s1. The van der Waals surface area contributed by atoms with E-state index < -0.39 is 0 Å². The summed E-state index contributed by atoms with van der Waals surface area (Å²) in [6.07, 6.45) is 0.419. The number of benzene rings is 3. The minimum absolute atomic E-state index is 0.0841. The number of para-hydroxylation sites is 1. The fourth-order valence-corrected chi connectivity index (χ4v) is 4.57. The fraction of sp³-hybridized carbons (Fsp3) is 0.208. The van der Waals surface area contributed by atoms with Gasteiger partial charge in [-0.2, -0.15) is 5.10 Å². The van der Waals surface area contributed by atoms with Gasteiger partial charge in [-0.3, -0.25) is 0 Å². The first-order valence-corrected chi connectivity index (χ1v) is 10.2. The number of nitrogens with zero attached hydrogens (tertiary/aromatic N) is 2. The van der Waals surface area contributed by atoms with E-state index in [-0.39, 0.29) is 25.9 Å². The van der Waals surface area contributed by atoms with Crippen LogP contribution in [0.5, 0.6) is 28.7 Å². The predicted octanol–water partition coefficient (Wildman–Crippen LogP) is 4.39. The first-order chi connectivity index (χ1) is 15.3. The van der Waals surface area contributed by atoms with E-state index in [1.807, 2.05) is 54.6 Å². The molecule has 7 heteroatoms. The molecule has 0 saturated heterocycles. The Labute approximate surface area is 178 Å². The van der Waals surface area contributed by atoms with Crippen molar-refractivity contribution in [2.24, 2.45) is 5.10 Å². The van der Waals surface area contributed by atoms with Gasteiger partial charge in [0.15, 0.2) is 23.0 Å². The SMILES string of the molecule is c1ccc2c(c1)O[C@@H](c1ccc3c(c1)OCO3)N1N=C(c3ccc4c(c3)OCO4)C[C@@H]21. The van der Waals surface area contributed by atoms with Gasteiger partial charge in [-0.25, -0.2) is 5.01 Å². The van der Waals surface area contributed by atoms with Crippen molar-refractivity contribution in [3.63, 3.8) is 0 Å². The minimum Gasteiger partial charge on any atom is -0.464 e. The third kappa shape index (κ3) is 2.56.